The van der Waals surface area contributed by atoms with Gasteiger partial charge in [-0.05, 0) is 17.7 Å². The van der Waals surface area contributed by atoms with Gasteiger partial charge in [0.2, 0.25) is 5.72 Å². The summed E-state index contributed by atoms with van der Waals surface area (Å²) in [6.45, 7) is -3.40. The number of hydrogen-bond acceptors (Lipinski definition) is 12. The summed E-state index contributed by atoms with van der Waals surface area (Å²) in [5.41, 5.74) is -6.64. The van der Waals surface area contributed by atoms with Gasteiger partial charge in [0.15, 0.2) is 0 Å². The highest BCUT2D eigenvalue weighted by Crippen LogP contribution is 2.43. The Morgan fingerprint density at radius 2 is 1.91 bits per heavy atom. The molecule has 3 rings (SSSR count). The summed E-state index contributed by atoms with van der Waals surface area (Å²) in [6.07, 6.45) is -3.58. The number of aromatic nitrogens is 2. The number of esters is 1. The number of carbonyl (C=O) groups excluding carboxylic acids is 1. The first-order chi connectivity index (χ1) is 16.0. The number of aromatic hydroxyl groups is 1. The van der Waals surface area contributed by atoms with E-state index in [0.29, 0.717) is 6.20 Å². The maximum atomic E-state index is 12.5. The molecule has 2 aromatic rings. The van der Waals surface area contributed by atoms with Crippen molar-refractivity contribution < 1.29 is 49.4 Å². The van der Waals surface area contributed by atoms with Crippen LogP contribution in [0.1, 0.15) is 15.9 Å². The van der Waals surface area contributed by atoms with E-state index < -0.39 is 73.1 Å². The van der Waals surface area contributed by atoms with Crippen LogP contribution in [0.15, 0.2) is 40.1 Å². The topological polar surface area (TPSA) is 215 Å². The van der Waals surface area contributed by atoms with Gasteiger partial charge in [-0.1, -0.05) is 12.1 Å². The Morgan fingerprint density at radius 3 is 2.50 bits per heavy atom. The number of aliphatic hydroxyl groups is 4. The van der Waals surface area contributed by atoms with E-state index in [1.807, 2.05) is 0 Å². The van der Waals surface area contributed by atoms with E-state index in [0.717, 1.165) is 0 Å². The zero-order valence-corrected chi connectivity index (χ0v) is 17.4. The Hall–Kier alpha value is -3.18. The van der Waals surface area contributed by atoms with Crippen molar-refractivity contribution in [1.29, 1.82) is 0 Å². The molecule has 1 aromatic heterocycles. The molecule has 34 heavy (non-hydrogen) atoms. The van der Waals surface area contributed by atoms with Crippen LogP contribution in [0.25, 0.3) is 0 Å². The molecule has 0 amide bonds. The summed E-state index contributed by atoms with van der Waals surface area (Å²) in [5, 5.41) is 62.7. The van der Waals surface area contributed by atoms with Crippen molar-refractivity contribution in [2.75, 3.05) is 19.9 Å². The van der Waals surface area contributed by atoms with E-state index in [9.17, 15) is 49.5 Å². The Bertz CT molecular complexity index is 1150. The van der Waals surface area contributed by atoms with Crippen LogP contribution in [0.4, 0.5) is 4.39 Å². The number of nitrogens with one attached hydrogen (secondary N) is 1. The molecule has 7 N–H and O–H groups in total. The highest BCUT2D eigenvalue weighted by Gasteiger charge is 2.70. The van der Waals surface area contributed by atoms with Gasteiger partial charge >= 0.3 is 17.6 Å². The highest BCUT2D eigenvalue weighted by atomic mass is 19.1. The summed E-state index contributed by atoms with van der Waals surface area (Å²) in [6, 6.07) is 5.16. The fourth-order valence-electron chi connectivity index (χ4n) is 3.45. The fourth-order valence-corrected chi connectivity index (χ4v) is 3.45. The van der Waals surface area contributed by atoms with Crippen molar-refractivity contribution >= 4 is 5.97 Å². The predicted molar refractivity (Wildman–Crippen MR) is 106 cm³/mol. The van der Waals surface area contributed by atoms with E-state index in [4.69, 9.17) is 4.74 Å². The van der Waals surface area contributed by atoms with Gasteiger partial charge in [-0.3, -0.25) is 9.78 Å². The Labute approximate surface area is 189 Å². The first kappa shape index (κ1) is 25.4. The molecular weight excluding hydrogens is 465 g/mol. The quantitative estimate of drug-likeness (QED) is 0.115. The lowest BCUT2D eigenvalue weighted by Gasteiger charge is -2.42. The molecule has 4 atom stereocenters. The minimum Gasteiger partial charge on any atom is -0.508 e. The van der Waals surface area contributed by atoms with Crippen molar-refractivity contribution in [1.82, 2.24) is 14.6 Å². The monoisotopic (exact) mass is 487 g/mol. The van der Waals surface area contributed by atoms with E-state index >= 15 is 0 Å². The second-order valence-electron chi connectivity index (χ2n) is 7.34. The smallest absolute Gasteiger partial charge is 0.345 e. The second-order valence-corrected chi connectivity index (χ2v) is 7.34. The van der Waals surface area contributed by atoms with Gasteiger partial charge in [-0.2, -0.15) is 0 Å². The maximum Gasteiger partial charge on any atom is 0.345 e. The Morgan fingerprint density at radius 1 is 1.26 bits per heavy atom. The number of alkyl halides is 1. The van der Waals surface area contributed by atoms with Gasteiger partial charge in [0.25, 0.3) is 5.56 Å². The molecule has 2 heterocycles. The maximum absolute atomic E-state index is 12.5. The molecule has 1 aromatic carbocycles. The lowest BCUT2D eigenvalue weighted by molar-refractivity contribution is -0.413. The molecule has 0 bridgehead atoms. The van der Waals surface area contributed by atoms with Gasteiger partial charge in [-0.15, -0.1) is 5.06 Å². The number of nitrogens with zero attached hydrogens (tertiary/aromatic N) is 2. The van der Waals surface area contributed by atoms with E-state index in [2.05, 4.69) is 4.74 Å². The number of aliphatic hydroxyl groups excluding tert-OH is 2. The minimum atomic E-state index is -3.39. The van der Waals surface area contributed by atoms with Gasteiger partial charge < -0.3 is 40.2 Å². The number of ether oxygens (including phenoxy) is 2. The Balaban J connectivity index is 2.11. The number of benzene rings is 1. The zero-order chi connectivity index (χ0) is 25.3. The number of rotatable bonds is 8. The number of H-pyrrole nitrogens is 1. The van der Waals surface area contributed by atoms with Gasteiger partial charge in [0.1, 0.15) is 36.8 Å². The van der Waals surface area contributed by atoms with Crippen LogP contribution in [0.5, 0.6) is 5.75 Å². The van der Waals surface area contributed by atoms with Gasteiger partial charge in [-0.25, -0.2) is 18.5 Å². The number of halogens is 1. The summed E-state index contributed by atoms with van der Waals surface area (Å²) in [5.74, 6) is -4.89. The third-order valence-electron chi connectivity index (χ3n) is 5.20. The van der Waals surface area contributed by atoms with Crippen LogP contribution in [0.2, 0.25) is 0 Å². The molecule has 0 radical (unpaired) electrons. The summed E-state index contributed by atoms with van der Waals surface area (Å²) in [7, 11) is 0. The van der Waals surface area contributed by atoms with Crippen LogP contribution in [-0.2, 0) is 21.9 Å². The molecule has 1 fully saturated rings. The van der Waals surface area contributed by atoms with Crippen molar-refractivity contribution in [2.24, 2.45) is 0 Å². The largest absolute Gasteiger partial charge is 0.508 e. The van der Waals surface area contributed by atoms with E-state index in [-0.39, 0.29) is 20.9 Å². The average molecular weight is 487 g/mol. The third kappa shape index (κ3) is 4.21. The normalized spacial score (nSPS) is 26.7. The van der Waals surface area contributed by atoms with Crippen molar-refractivity contribution in [2.45, 2.75) is 30.4 Å². The van der Waals surface area contributed by atoms with Crippen molar-refractivity contribution in [3.63, 3.8) is 0 Å². The number of phenols is 1. The SMILES string of the molecule is O=C(OCCF)c1cn([C@@]2(O)O[C@H](CO)[C@@H](O)[C@]2(O)N(O)Cc2ccc(O)cc2)c(=O)[nH]c1=O. The first-order valence-electron chi connectivity index (χ1n) is 9.75. The molecule has 1 saturated heterocycles. The predicted octanol–water partition coefficient (Wildman–Crippen LogP) is -2.70. The van der Waals surface area contributed by atoms with E-state index in [1.54, 1.807) is 4.98 Å². The Kier molecular flexibility index (Phi) is 7.18. The number of phenolic OH excluding ortho intramolecular Hbond substituents is 1. The first-order valence-corrected chi connectivity index (χ1v) is 9.75. The molecule has 0 spiro atoms. The number of aromatic amines is 1. The second kappa shape index (κ2) is 9.59. The standard InChI is InChI=1S/C19H22FN3O11/c20-5-6-33-16(28)12-8-22(17(29)21-15(12)27)19(31)18(30,14(26)13(9-24)34-19)23(32)7-10-1-3-11(25)4-2-10/h1-4,8,13-14,24-26,30-32H,5-7,9H2,(H,21,27,29)/t13-,14-,18-,19+/m1/s1. The van der Waals surface area contributed by atoms with Crippen LogP contribution in [-0.4, -0.2) is 89.1 Å². The lowest BCUT2D eigenvalue weighted by atomic mass is 10.00. The zero-order valence-electron chi connectivity index (χ0n) is 17.4. The molecular formula is C19H22FN3O11. The minimum absolute atomic E-state index is 0.0123. The molecule has 0 aliphatic carbocycles. The lowest BCUT2D eigenvalue weighted by Crippen LogP contribution is -2.68. The summed E-state index contributed by atoms with van der Waals surface area (Å²) >= 11 is 0. The van der Waals surface area contributed by atoms with Crippen LogP contribution in [0, 0.1) is 0 Å². The third-order valence-corrected chi connectivity index (χ3v) is 5.20. The van der Waals surface area contributed by atoms with Crippen LogP contribution >= 0.6 is 0 Å². The molecule has 15 heteroatoms. The summed E-state index contributed by atoms with van der Waals surface area (Å²) in [4.78, 5) is 38.3. The molecule has 1 aliphatic heterocycles. The van der Waals surface area contributed by atoms with Crippen LogP contribution in [0.3, 0.4) is 0 Å². The average Bonchev–Trinajstić information content (AvgIpc) is 3.01. The number of carbonyl (C=O) groups is 1. The number of hydroxylamine groups is 2. The number of hydrogen-bond donors (Lipinski definition) is 7. The van der Waals surface area contributed by atoms with Gasteiger partial charge in [0.05, 0.1) is 13.2 Å². The molecule has 0 unspecified atom stereocenters. The van der Waals surface area contributed by atoms with Crippen molar-refractivity contribution in [3.05, 3.63) is 62.4 Å². The van der Waals surface area contributed by atoms with E-state index in [1.165, 1.54) is 24.3 Å². The molecule has 0 saturated carbocycles. The molecule has 186 valence electrons. The molecule has 14 nitrogen and oxygen atoms in total. The van der Waals surface area contributed by atoms with Crippen molar-refractivity contribution in [3.8, 4) is 5.75 Å². The summed E-state index contributed by atoms with van der Waals surface area (Å²) < 4.78 is 22.0. The van der Waals surface area contributed by atoms with Crippen LogP contribution < -0.4 is 11.2 Å². The molecule has 1 aliphatic rings. The fraction of sp³-hybridized carbons (Fsp3) is 0.421. The highest BCUT2D eigenvalue weighted by molar-refractivity contribution is 5.88. The van der Waals surface area contributed by atoms with Gasteiger partial charge in [0, 0.05) is 6.20 Å².